The molecule has 5 heterocycles. The van der Waals surface area contributed by atoms with Crippen molar-refractivity contribution in [2.45, 2.75) is 154 Å². The van der Waals surface area contributed by atoms with Gasteiger partial charge in [-0.25, -0.2) is 9.78 Å². The van der Waals surface area contributed by atoms with Gasteiger partial charge in [-0.1, -0.05) is 26.0 Å². The number of esters is 1. The van der Waals surface area contributed by atoms with Crippen LogP contribution >= 0.6 is 11.3 Å². The van der Waals surface area contributed by atoms with E-state index in [0.29, 0.717) is 45.3 Å². The zero-order chi connectivity index (χ0) is 41.8. The molecule has 2 unspecified atom stereocenters. The van der Waals surface area contributed by atoms with Crippen molar-refractivity contribution < 1.29 is 43.2 Å². The number of methoxy groups -OCH3 is 1. The highest BCUT2D eigenvalue weighted by Crippen LogP contribution is 2.40. The molecule has 1 amide bonds. The molecular weight excluding hydrogens is 755 g/mol. The molecule has 2 aromatic rings. The average molecular weight is 820 g/mol. The molecule has 0 bridgehead atoms. The molecular formula is C40H65N7O9S. The molecule has 0 aliphatic carbocycles. The monoisotopic (exact) mass is 819 g/mol. The van der Waals surface area contributed by atoms with Gasteiger partial charge < -0.3 is 39.0 Å². The first-order chi connectivity index (χ1) is 26.9. The van der Waals surface area contributed by atoms with Gasteiger partial charge >= 0.3 is 12.1 Å². The summed E-state index contributed by atoms with van der Waals surface area (Å²) in [7, 11) is 5.39. The summed E-state index contributed by atoms with van der Waals surface area (Å²) in [4.78, 5) is 50.1. The SMILES string of the molecule is CC[C@H]1OC(=O)[C@H](C)C(=O)[C@H](C)[C@@H](O[C@@H]2O[C@H](C)CC(N(C)C)C2O)[C@](C)(OC)C[C@@H](C)CN[C@H](C)[C@H]2N(CCCCn3cc(-c4nccs4)nn3)C(=O)O[C@]12C. The van der Waals surface area contributed by atoms with Crippen LogP contribution in [0.3, 0.4) is 0 Å². The number of carbonyl (C=O) groups excluding carboxylic acids is 3. The standard InChI is InChI=1S/C40H65N7O9S/c1-12-30-40(8)33(47(38(51)56-40)17-14-13-16-46-22-28(43-44-46)35-41-15-18-57-35)27(6)42-21-23(2)20-39(7,52-11)34(25(4)31(48)26(5)36(50)54-30)55-37-32(49)29(45(9)10)19-24(3)53-37/h15,18,22-27,29-30,32-34,37,42,49H,12-14,16-17,19-21H2,1-11H3/t23-,24-,25+,26-,27-,29?,30-,32?,33-,34-,37+,39-,40-/m1/s1. The van der Waals surface area contributed by atoms with Gasteiger partial charge in [-0.3, -0.25) is 19.2 Å². The van der Waals surface area contributed by atoms with Crippen LogP contribution in [0.25, 0.3) is 10.7 Å². The maximum Gasteiger partial charge on any atom is 0.410 e. The summed E-state index contributed by atoms with van der Waals surface area (Å²) < 4.78 is 33.2. The summed E-state index contributed by atoms with van der Waals surface area (Å²) in [5.74, 6) is -3.14. The van der Waals surface area contributed by atoms with E-state index in [1.807, 2.05) is 65.2 Å². The maximum absolute atomic E-state index is 14.4. The van der Waals surface area contributed by atoms with Gasteiger partial charge in [0.1, 0.15) is 28.8 Å². The predicted octanol–water partition coefficient (Wildman–Crippen LogP) is 4.16. The number of ketones is 1. The molecule has 3 fully saturated rings. The number of cyclic esters (lactones) is 1. The van der Waals surface area contributed by atoms with E-state index in [-0.39, 0.29) is 24.1 Å². The second kappa shape index (κ2) is 18.9. The normalized spacial score (nSPS) is 37.4. The number of aliphatic hydroxyl groups is 1. The molecule has 13 atom stereocenters. The Morgan fingerprint density at radius 2 is 1.82 bits per heavy atom. The van der Waals surface area contributed by atoms with Crippen LogP contribution in [-0.4, -0.2) is 147 Å². The minimum Gasteiger partial charge on any atom is -0.458 e. The third kappa shape index (κ3) is 9.88. The third-order valence-electron chi connectivity index (χ3n) is 12.3. The van der Waals surface area contributed by atoms with Crippen LogP contribution in [-0.2, 0) is 39.8 Å². The van der Waals surface area contributed by atoms with Crippen molar-refractivity contribution in [2.24, 2.45) is 17.8 Å². The summed E-state index contributed by atoms with van der Waals surface area (Å²) in [5, 5.41) is 26.3. The number of aromatic nitrogens is 4. The molecule has 3 saturated heterocycles. The molecule has 57 heavy (non-hydrogen) atoms. The number of aryl methyl sites for hydroxylation is 1. The van der Waals surface area contributed by atoms with Gasteiger partial charge in [0.2, 0.25) is 0 Å². The molecule has 0 saturated carbocycles. The van der Waals surface area contributed by atoms with Crippen LogP contribution in [0, 0.1) is 17.8 Å². The summed E-state index contributed by atoms with van der Waals surface area (Å²) in [6.45, 7) is 16.5. The number of unbranched alkanes of at least 4 members (excludes halogenated alkanes) is 1. The molecule has 0 aromatic carbocycles. The number of ether oxygens (including phenoxy) is 5. The molecule has 16 nitrogen and oxygen atoms in total. The fourth-order valence-electron chi connectivity index (χ4n) is 9.07. The summed E-state index contributed by atoms with van der Waals surface area (Å²) in [6, 6.07) is -1.02. The Bertz CT molecular complexity index is 1650. The van der Waals surface area contributed by atoms with E-state index in [4.69, 9.17) is 23.7 Å². The number of fused-ring (bicyclic) bond motifs is 1. The van der Waals surface area contributed by atoms with Crippen molar-refractivity contribution in [3.8, 4) is 10.7 Å². The van der Waals surface area contributed by atoms with Crippen LogP contribution < -0.4 is 5.32 Å². The number of nitrogens with one attached hydrogen (secondary N) is 1. The number of Topliss-reactive ketones (excluding diaryl/α,β-unsaturated/α-hetero) is 1. The lowest BCUT2D eigenvalue weighted by Gasteiger charge is -2.46. The van der Waals surface area contributed by atoms with Crippen LogP contribution in [0.15, 0.2) is 17.8 Å². The number of rotatable bonds is 11. The third-order valence-corrected chi connectivity index (χ3v) is 13.1. The van der Waals surface area contributed by atoms with Gasteiger partial charge in [0.15, 0.2) is 17.7 Å². The Morgan fingerprint density at radius 3 is 2.47 bits per heavy atom. The number of nitrogens with zero attached hydrogens (tertiary/aromatic N) is 6. The first kappa shape index (κ1) is 45.0. The topological polar surface area (TPSA) is 180 Å². The van der Waals surface area contributed by atoms with Crippen molar-refractivity contribution in [3.63, 3.8) is 0 Å². The molecule has 2 N–H and O–H groups in total. The van der Waals surface area contributed by atoms with Crippen LogP contribution in [0.1, 0.15) is 87.5 Å². The highest BCUT2D eigenvalue weighted by atomic mass is 32.1. The van der Waals surface area contributed by atoms with Gasteiger partial charge in [0, 0.05) is 49.8 Å². The number of hydrogen-bond donors (Lipinski definition) is 2. The van der Waals surface area contributed by atoms with E-state index in [1.165, 1.54) is 18.3 Å². The van der Waals surface area contributed by atoms with Gasteiger partial charge in [0.25, 0.3) is 0 Å². The van der Waals surface area contributed by atoms with Crippen LogP contribution in [0.2, 0.25) is 0 Å². The van der Waals surface area contributed by atoms with E-state index < -0.39 is 71.5 Å². The van der Waals surface area contributed by atoms with E-state index in [0.717, 1.165) is 17.1 Å². The number of likely N-dealkylation sites (N-methyl/N-ethyl adjacent to an activating group) is 1. The fourth-order valence-corrected chi connectivity index (χ4v) is 9.66. The largest absolute Gasteiger partial charge is 0.458 e. The van der Waals surface area contributed by atoms with Crippen molar-refractivity contribution in [1.82, 2.24) is 35.1 Å². The Balaban J connectivity index is 1.39. The van der Waals surface area contributed by atoms with Gasteiger partial charge in [0.05, 0.1) is 30.0 Å². The molecule has 2 aromatic heterocycles. The number of hydrogen-bond acceptors (Lipinski definition) is 15. The molecule has 320 valence electrons. The Hall–Kier alpha value is -3.06. The maximum atomic E-state index is 14.4. The second-order valence-corrected chi connectivity index (χ2v) is 17.9. The highest BCUT2D eigenvalue weighted by molar-refractivity contribution is 7.13. The smallest absolute Gasteiger partial charge is 0.410 e. The fraction of sp³-hybridized carbons (Fsp3) is 0.800. The van der Waals surface area contributed by atoms with E-state index >= 15 is 0 Å². The lowest BCUT2D eigenvalue weighted by molar-refractivity contribution is -0.295. The van der Waals surface area contributed by atoms with Gasteiger partial charge in [-0.15, -0.1) is 16.4 Å². The summed E-state index contributed by atoms with van der Waals surface area (Å²) in [5.41, 5.74) is -1.54. The molecule has 3 aliphatic heterocycles. The molecule has 0 spiro atoms. The predicted molar refractivity (Wildman–Crippen MR) is 213 cm³/mol. The van der Waals surface area contributed by atoms with Crippen molar-refractivity contribution in [1.29, 1.82) is 0 Å². The average Bonchev–Trinajstić information content (AvgIpc) is 3.93. The molecule has 5 rings (SSSR count). The van der Waals surface area contributed by atoms with E-state index in [9.17, 15) is 19.5 Å². The molecule has 17 heteroatoms. The highest BCUT2D eigenvalue weighted by Gasteiger charge is 2.58. The second-order valence-electron chi connectivity index (χ2n) is 17.0. The summed E-state index contributed by atoms with van der Waals surface area (Å²) in [6.07, 6.45) is 1.99. The van der Waals surface area contributed by atoms with Crippen LogP contribution in [0.5, 0.6) is 0 Å². The lowest BCUT2D eigenvalue weighted by atomic mass is 9.78. The van der Waals surface area contributed by atoms with E-state index in [2.05, 4.69) is 27.5 Å². The molecule has 3 aliphatic rings. The van der Waals surface area contributed by atoms with Crippen molar-refractivity contribution in [3.05, 3.63) is 17.8 Å². The van der Waals surface area contributed by atoms with E-state index in [1.54, 1.807) is 29.8 Å². The Labute approximate surface area is 341 Å². The first-order valence-electron chi connectivity index (χ1n) is 20.4. The minimum atomic E-state index is -1.22. The minimum absolute atomic E-state index is 0.00599. The Morgan fingerprint density at radius 1 is 1.11 bits per heavy atom. The van der Waals surface area contributed by atoms with Crippen molar-refractivity contribution >= 4 is 29.2 Å². The van der Waals surface area contributed by atoms with Crippen LogP contribution in [0.4, 0.5) is 4.79 Å². The zero-order valence-corrected chi connectivity index (χ0v) is 36.4. The quantitative estimate of drug-likeness (QED) is 0.188. The number of aliphatic hydroxyl groups excluding tert-OH is 1. The molecule has 0 radical (unpaired) electrons. The number of carbonyl (C=O) groups is 3. The van der Waals surface area contributed by atoms with Crippen molar-refractivity contribution in [2.75, 3.05) is 34.3 Å². The number of amides is 1. The zero-order valence-electron chi connectivity index (χ0n) is 35.5. The number of thiazole rings is 1. The van der Waals surface area contributed by atoms with Gasteiger partial charge in [-0.05, 0) is 93.3 Å². The van der Waals surface area contributed by atoms with Gasteiger partial charge in [-0.2, -0.15) is 0 Å². The Kier molecular flexibility index (Phi) is 14.9. The lowest BCUT2D eigenvalue weighted by Crippen LogP contribution is -2.61. The first-order valence-corrected chi connectivity index (χ1v) is 21.3. The summed E-state index contributed by atoms with van der Waals surface area (Å²) >= 11 is 1.50.